The van der Waals surface area contributed by atoms with Gasteiger partial charge in [-0.3, -0.25) is 9.69 Å². The summed E-state index contributed by atoms with van der Waals surface area (Å²) in [6.07, 6.45) is -0.473. The topological polar surface area (TPSA) is 51.2 Å². The fourth-order valence-electron chi connectivity index (χ4n) is 4.91. The number of methoxy groups -OCH3 is 3. The molecule has 37 heavy (non-hydrogen) atoms. The number of nitrogens with zero attached hydrogens (tertiary/aromatic N) is 2. The molecule has 1 aliphatic heterocycles. The van der Waals surface area contributed by atoms with Crippen LogP contribution >= 0.6 is 0 Å². The third-order valence-corrected chi connectivity index (χ3v) is 6.70. The van der Waals surface area contributed by atoms with Crippen molar-refractivity contribution in [1.29, 1.82) is 0 Å². The minimum atomic E-state index is -0.473. The first-order valence-electron chi connectivity index (χ1n) is 12.2. The fourth-order valence-corrected chi connectivity index (χ4v) is 4.91. The number of hydrogen-bond acceptors (Lipinski definition) is 5. The summed E-state index contributed by atoms with van der Waals surface area (Å²) >= 11 is 0. The van der Waals surface area contributed by atoms with E-state index in [9.17, 15) is 4.79 Å². The lowest BCUT2D eigenvalue weighted by Crippen LogP contribution is -2.49. The molecule has 0 saturated heterocycles. The predicted molar refractivity (Wildman–Crippen MR) is 146 cm³/mol. The molecule has 0 bridgehead atoms. The van der Waals surface area contributed by atoms with Gasteiger partial charge in [-0.15, -0.1) is 0 Å². The van der Waals surface area contributed by atoms with Gasteiger partial charge in [0.05, 0.1) is 32.6 Å². The highest BCUT2D eigenvalue weighted by Crippen LogP contribution is 2.46. The molecule has 188 valence electrons. The molecule has 1 heterocycles. The van der Waals surface area contributed by atoms with Gasteiger partial charge in [0.15, 0.2) is 11.5 Å². The van der Waals surface area contributed by atoms with Gasteiger partial charge in [-0.25, -0.2) is 0 Å². The van der Waals surface area contributed by atoms with E-state index in [4.69, 9.17) is 14.2 Å². The van der Waals surface area contributed by atoms with E-state index in [1.54, 1.807) is 21.3 Å². The van der Waals surface area contributed by atoms with Crippen LogP contribution in [0.3, 0.4) is 0 Å². The van der Waals surface area contributed by atoms with E-state index in [1.807, 2.05) is 90.7 Å². The van der Waals surface area contributed by atoms with E-state index >= 15 is 0 Å². The highest BCUT2D eigenvalue weighted by molar-refractivity contribution is 6.12. The van der Waals surface area contributed by atoms with Crippen molar-refractivity contribution in [3.05, 3.63) is 113 Å². The minimum absolute atomic E-state index is 0.0671. The van der Waals surface area contributed by atoms with E-state index in [1.165, 1.54) is 0 Å². The molecule has 0 spiro atoms. The first kappa shape index (κ1) is 24.3. The summed E-state index contributed by atoms with van der Waals surface area (Å²) < 4.78 is 17.0. The number of carbonyl (C=O) groups excluding carboxylic acids is 1. The predicted octanol–water partition coefficient (Wildman–Crippen LogP) is 6.39. The summed E-state index contributed by atoms with van der Waals surface area (Å²) in [5, 5.41) is 0. The molecule has 0 N–H and O–H groups in total. The number of aryl methyl sites for hydroxylation is 1. The number of fused-ring (bicyclic) bond motifs is 1. The molecule has 0 fully saturated rings. The Kier molecular flexibility index (Phi) is 6.73. The van der Waals surface area contributed by atoms with Crippen LogP contribution in [0.25, 0.3) is 0 Å². The monoisotopic (exact) mass is 494 g/mol. The first-order chi connectivity index (χ1) is 18.0. The van der Waals surface area contributed by atoms with E-state index in [-0.39, 0.29) is 5.91 Å². The average Bonchev–Trinajstić information content (AvgIpc) is 2.94. The van der Waals surface area contributed by atoms with Crippen molar-refractivity contribution >= 4 is 17.3 Å². The summed E-state index contributed by atoms with van der Waals surface area (Å²) in [6.45, 7) is 2.63. The van der Waals surface area contributed by atoms with Crippen LogP contribution in [0, 0.1) is 6.92 Å². The molecule has 0 saturated carbocycles. The number of para-hydroxylation sites is 1. The van der Waals surface area contributed by atoms with Crippen molar-refractivity contribution in [1.82, 2.24) is 0 Å². The Morgan fingerprint density at radius 3 is 2.00 bits per heavy atom. The summed E-state index contributed by atoms with van der Waals surface area (Å²) in [5.41, 5.74) is 5.43. The molecular formula is C31H30N2O4. The Hall–Kier alpha value is -4.45. The summed E-state index contributed by atoms with van der Waals surface area (Å²) in [6, 6.07) is 29.9. The van der Waals surface area contributed by atoms with Gasteiger partial charge in [0.2, 0.25) is 5.75 Å². The normalized spacial score (nSPS) is 14.8. The summed E-state index contributed by atoms with van der Waals surface area (Å²) in [7, 11) is 4.78. The molecule has 0 radical (unpaired) electrons. The number of amides is 1. The Labute approximate surface area is 217 Å². The number of rotatable bonds is 7. The summed E-state index contributed by atoms with van der Waals surface area (Å²) in [4.78, 5) is 18.2. The number of anilines is 2. The van der Waals surface area contributed by atoms with Crippen LogP contribution in [0.4, 0.5) is 11.4 Å². The molecule has 0 aliphatic carbocycles. The van der Waals surface area contributed by atoms with Crippen LogP contribution in [-0.4, -0.2) is 27.2 Å². The van der Waals surface area contributed by atoms with Crippen molar-refractivity contribution < 1.29 is 19.0 Å². The molecule has 6 heteroatoms. The molecular weight excluding hydrogens is 464 g/mol. The molecule has 4 aromatic carbocycles. The van der Waals surface area contributed by atoms with Crippen molar-refractivity contribution in [2.24, 2.45) is 0 Å². The minimum Gasteiger partial charge on any atom is -0.493 e. The van der Waals surface area contributed by atoms with Crippen LogP contribution < -0.4 is 24.0 Å². The second-order valence-corrected chi connectivity index (χ2v) is 8.97. The molecule has 0 aromatic heterocycles. The molecule has 4 aromatic rings. The number of ether oxygens (including phenoxy) is 3. The van der Waals surface area contributed by atoms with Gasteiger partial charge < -0.3 is 19.1 Å². The van der Waals surface area contributed by atoms with Crippen LogP contribution in [0.1, 0.15) is 33.2 Å². The molecule has 6 nitrogen and oxygen atoms in total. The Morgan fingerprint density at radius 1 is 0.757 bits per heavy atom. The Bertz CT molecular complexity index is 1380. The van der Waals surface area contributed by atoms with Crippen molar-refractivity contribution in [2.45, 2.75) is 19.6 Å². The van der Waals surface area contributed by atoms with Gasteiger partial charge in [-0.05, 0) is 48.9 Å². The largest absolute Gasteiger partial charge is 0.493 e. The van der Waals surface area contributed by atoms with Gasteiger partial charge >= 0.3 is 0 Å². The Balaban J connectivity index is 1.77. The zero-order valence-corrected chi connectivity index (χ0v) is 21.5. The van der Waals surface area contributed by atoms with Gasteiger partial charge in [0.25, 0.3) is 5.91 Å². The Morgan fingerprint density at radius 2 is 1.38 bits per heavy atom. The molecule has 0 unspecified atom stereocenters. The van der Waals surface area contributed by atoms with Gasteiger partial charge in [0.1, 0.15) is 6.17 Å². The first-order valence-corrected chi connectivity index (χ1v) is 12.2. The maximum absolute atomic E-state index is 14.1. The molecule has 5 rings (SSSR count). The fraction of sp³-hybridized carbons (Fsp3) is 0.194. The average molecular weight is 495 g/mol. The second-order valence-electron chi connectivity index (χ2n) is 8.97. The van der Waals surface area contributed by atoms with Crippen molar-refractivity contribution in [3.8, 4) is 17.2 Å². The SMILES string of the molecule is COc1cc([C@@H]2N(Cc3ccccc3)c3ccccc3C(=O)N2c2ccc(C)cc2)cc(OC)c1OC. The zero-order chi connectivity index (χ0) is 25.9. The highest BCUT2D eigenvalue weighted by Gasteiger charge is 2.40. The standard InChI is InChI=1S/C31H30N2O4/c1-21-14-16-24(17-15-21)33-30(23-18-27(35-2)29(37-4)28(19-23)36-3)32(20-22-10-6-5-7-11-22)26-13-9-8-12-25(26)31(33)34/h5-19,30H,20H2,1-4H3/t30-/m1/s1. The molecule has 1 amide bonds. The van der Waals surface area contributed by atoms with Gasteiger partial charge in [0, 0.05) is 17.8 Å². The quantitative estimate of drug-likeness (QED) is 0.298. The lowest BCUT2D eigenvalue weighted by molar-refractivity contribution is 0.0968. The molecule has 1 aliphatic rings. The van der Waals surface area contributed by atoms with E-state index in [0.717, 1.165) is 28.1 Å². The maximum atomic E-state index is 14.1. The van der Waals surface area contributed by atoms with Crippen molar-refractivity contribution in [2.75, 3.05) is 31.1 Å². The highest BCUT2D eigenvalue weighted by atomic mass is 16.5. The smallest absolute Gasteiger partial charge is 0.262 e. The third kappa shape index (κ3) is 4.47. The zero-order valence-electron chi connectivity index (χ0n) is 21.5. The third-order valence-electron chi connectivity index (χ3n) is 6.70. The van der Waals surface area contributed by atoms with Gasteiger partial charge in [-0.2, -0.15) is 0 Å². The number of benzene rings is 4. The number of hydrogen-bond donors (Lipinski definition) is 0. The van der Waals surface area contributed by atoms with Crippen LogP contribution in [0.2, 0.25) is 0 Å². The lowest BCUT2D eigenvalue weighted by Gasteiger charge is -2.46. The van der Waals surface area contributed by atoms with E-state index in [2.05, 4.69) is 17.0 Å². The van der Waals surface area contributed by atoms with E-state index in [0.29, 0.717) is 29.4 Å². The van der Waals surface area contributed by atoms with Crippen LogP contribution in [-0.2, 0) is 6.54 Å². The van der Waals surface area contributed by atoms with Crippen LogP contribution in [0.5, 0.6) is 17.2 Å². The summed E-state index contributed by atoms with van der Waals surface area (Å²) in [5.74, 6) is 1.51. The second kappa shape index (κ2) is 10.3. The van der Waals surface area contributed by atoms with Crippen molar-refractivity contribution in [3.63, 3.8) is 0 Å². The number of carbonyl (C=O) groups is 1. The van der Waals surface area contributed by atoms with Crippen LogP contribution in [0.15, 0.2) is 91.0 Å². The van der Waals surface area contributed by atoms with Gasteiger partial charge in [-0.1, -0.05) is 60.2 Å². The maximum Gasteiger partial charge on any atom is 0.262 e. The lowest BCUT2D eigenvalue weighted by atomic mass is 9.98. The van der Waals surface area contributed by atoms with E-state index < -0.39 is 6.17 Å². The molecule has 1 atom stereocenters.